The van der Waals surface area contributed by atoms with Gasteiger partial charge in [-0.2, -0.15) is 0 Å². The van der Waals surface area contributed by atoms with Crippen molar-refractivity contribution in [3.63, 3.8) is 0 Å². The maximum absolute atomic E-state index is 13.8. The summed E-state index contributed by atoms with van der Waals surface area (Å²) in [5.41, 5.74) is -0.181. The molecule has 1 aliphatic rings. The zero-order valence-electron chi connectivity index (χ0n) is 9.42. The van der Waals surface area contributed by atoms with Crippen LogP contribution in [-0.4, -0.2) is 24.9 Å². The van der Waals surface area contributed by atoms with Gasteiger partial charge in [0.1, 0.15) is 19.0 Å². The zero-order valence-corrected chi connectivity index (χ0v) is 9.42. The molecule has 1 aromatic carbocycles. The van der Waals surface area contributed by atoms with Gasteiger partial charge in [0.25, 0.3) is 0 Å². The molecule has 0 saturated heterocycles. The highest BCUT2D eigenvalue weighted by Crippen LogP contribution is 2.36. The lowest BCUT2D eigenvalue weighted by Gasteiger charge is -2.26. The van der Waals surface area contributed by atoms with Crippen LogP contribution < -0.4 is 9.47 Å². The maximum atomic E-state index is 13.8. The summed E-state index contributed by atoms with van der Waals surface area (Å²) in [4.78, 5) is 0. The average molecular weight is 226 g/mol. The molecule has 0 atom stereocenters. The Balaban J connectivity index is 2.47. The van der Waals surface area contributed by atoms with Crippen LogP contribution in [0.2, 0.25) is 0 Å². The summed E-state index contributed by atoms with van der Waals surface area (Å²) in [6.45, 7) is 4.35. The van der Waals surface area contributed by atoms with Crippen LogP contribution in [0.5, 0.6) is 11.5 Å². The molecule has 2 rings (SSSR count). The topological polar surface area (TPSA) is 38.7 Å². The number of halogens is 1. The molecular weight excluding hydrogens is 211 g/mol. The normalized spacial score (nSPS) is 15.0. The van der Waals surface area contributed by atoms with E-state index in [0.717, 1.165) is 0 Å². The maximum Gasteiger partial charge on any atom is 0.164 e. The molecule has 0 saturated carbocycles. The van der Waals surface area contributed by atoms with E-state index >= 15 is 0 Å². The molecular formula is C12H15FO3. The molecule has 1 heterocycles. The van der Waals surface area contributed by atoms with Crippen molar-refractivity contribution in [3.05, 3.63) is 23.5 Å². The van der Waals surface area contributed by atoms with Gasteiger partial charge in [0.15, 0.2) is 11.5 Å². The lowest BCUT2D eigenvalue weighted by molar-refractivity contribution is 0.168. The monoisotopic (exact) mass is 226 g/mol. The summed E-state index contributed by atoms with van der Waals surface area (Å²) in [5.74, 6) is 0.605. The average Bonchev–Trinajstić information content (AvgIpc) is 2.28. The van der Waals surface area contributed by atoms with E-state index in [9.17, 15) is 9.50 Å². The smallest absolute Gasteiger partial charge is 0.164 e. The van der Waals surface area contributed by atoms with Crippen molar-refractivity contribution < 1.29 is 19.0 Å². The van der Waals surface area contributed by atoms with Gasteiger partial charge < -0.3 is 14.6 Å². The first-order valence-electron chi connectivity index (χ1n) is 5.25. The predicted octanol–water partition coefficient (Wildman–Crippen LogP) is 1.87. The molecule has 3 nitrogen and oxygen atoms in total. The number of fused-ring (bicyclic) bond motifs is 1. The van der Waals surface area contributed by atoms with Gasteiger partial charge in [0.2, 0.25) is 0 Å². The molecule has 0 amide bonds. The van der Waals surface area contributed by atoms with Crippen LogP contribution in [0.25, 0.3) is 0 Å². The molecule has 0 aromatic heterocycles. The SMILES string of the molecule is CC(C)(CO)c1cc2c(cc1F)OCCO2. The molecule has 1 aromatic rings. The summed E-state index contributed by atoms with van der Waals surface area (Å²) >= 11 is 0. The molecule has 4 heteroatoms. The Morgan fingerprint density at radius 3 is 2.38 bits per heavy atom. The van der Waals surface area contributed by atoms with E-state index in [0.29, 0.717) is 30.3 Å². The second kappa shape index (κ2) is 3.94. The van der Waals surface area contributed by atoms with E-state index in [-0.39, 0.29) is 12.4 Å². The minimum atomic E-state index is -0.625. The first-order chi connectivity index (χ1) is 7.54. The molecule has 0 aliphatic carbocycles. The second-order valence-corrected chi connectivity index (χ2v) is 4.52. The molecule has 0 fully saturated rings. The largest absolute Gasteiger partial charge is 0.486 e. The van der Waals surface area contributed by atoms with Crippen LogP contribution in [0.15, 0.2) is 12.1 Å². The van der Waals surface area contributed by atoms with Gasteiger partial charge in [-0.15, -0.1) is 0 Å². The van der Waals surface area contributed by atoms with Crippen LogP contribution in [-0.2, 0) is 5.41 Å². The Bertz CT molecular complexity index is 401. The minimum Gasteiger partial charge on any atom is -0.486 e. The Labute approximate surface area is 93.8 Å². The summed E-state index contributed by atoms with van der Waals surface area (Å²) in [6, 6.07) is 2.93. The van der Waals surface area contributed by atoms with Gasteiger partial charge in [-0.05, 0) is 11.6 Å². The highest BCUT2D eigenvalue weighted by Gasteiger charge is 2.26. The van der Waals surface area contributed by atoms with E-state index in [2.05, 4.69) is 0 Å². The van der Waals surface area contributed by atoms with Gasteiger partial charge >= 0.3 is 0 Å². The lowest BCUT2D eigenvalue weighted by atomic mass is 9.85. The van der Waals surface area contributed by atoms with Crippen molar-refractivity contribution in [1.82, 2.24) is 0 Å². The third-order valence-electron chi connectivity index (χ3n) is 2.76. The fourth-order valence-electron chi connectivity index (χ4n) is 1.67. The number of hydrogen-bond donors (Lipinski definition) is 1. The van der Waals surface area contributed by atoms with Crippen molar-refractivity contribution in [3.8, 4) is 11.5 Å². The van der Waals surface area contributed by atoms with E-state index in [4.69, 9.17) is 9.47 Å². The highest BCUT2D eigenvalue weighted by atomic mass is 19.1. The first-order valence-corrected chi connectivity index (χ1v) is 5.25. The van der Waals surface area contributed by atoms with Crippen molar-refractivity contribution >= 4 is 0 Å². The Kier molecular flexibility index (Phi) is 2.76. The summed E-state index contributed by atoms with van der Waals surface area (Å²) in [5, 5.41) is 9.24. The van der Waals surface area contributed by atoms with Crippen LogP contribution in [0, 0.1) is 5.82 Å². The van der Waals surface area contributed by atoms with Gasteiger partial charge in [0, 0.05) is 11.5 Å². The lowest BCUT2D eigenvalue weighted by Crippen LogP contribution is -2.24. The van der Waals surface area contributed by atoms with Crippen LogP contribution in [0.1, 0.15) is 19.4 Å². The van der Waals surface area contributed by atoms with Crippen molar-refractivity contribution in [1.29, 1.82) is 0 Å². The molecule has 0 bridgehead atoms. The zero-order chi connectivity index (χ0) is 11.8. The van der Waals surface area contributed by atoms with Crippen LogP contribution in [0.3, 0.4) is 0 Å². The number of hydrogen-bond acceptors (Lipinski definition) is 3. The summed E-state index contributed by atoms with van der Waals surface area (Å²) < 4.78 is 24.5. The molecule has 16 heavy (non-hydrogen) atoms. The Morgan fingerprint density at radius 1 is 1.25 bits per heavy atom. The second-order valence-electron chi connectivity index (χ2n) is 4.52. The summed E-state index contributed by atoms with van der Waals surface area (Å²) in [6.07, 6.45) is 0. The van der Waals surface area contributed by atoms with E-state index in [1.165, 1.54) is 6.07 Å². The molecule has 1 aliphatic heterocycles. The Hall–Kier alpha value is -1.29. The number of aliphatic hydroxyl groups is 1. The predicted molar refractivity (Wildman–Crippen MR) is 57.5 cm³/mol. The minimum absolute atomic E-state index is 0.121. The van der Waals surface area contributed by atoms with Crippen LogP contribution >= 0.6 is 0 Å². The van der Waals surface area contributed by atoms with E-state index in [1.54, 1.807) is 19.9 Å². The quantitative estimate of drug-likeness (QED) is 0.836. The number of rotatable bonds is 2. The first kappa shape index (κ1) is 11.2. The fourth-order valence-corrected chi connectivity index (χ4v) is 1.67. The number of ether oxygens (including phenoxy) is 2. The molecule has 88 valence electrons. The van der Waals surface area contributed by atoms with E-state index < -0.39 is 5.41 Å². The standard InChI is InChI=1S/C12H15FO3/c1-12(2,7-14)8-5-10-11(6-9(8)13)16-4-3-15-10/h5-6,14H,3-4,7H2,1-2H3. The number of aliphatic hydroxyl groups excluding tert-OH is 1. The van der Waals surface area contributed by atoms with Crippen molar-refractivity contribution in [2.45, 2.75) is 19.3 Å². The van der Waals surface area contributed by atoms with Crippen LogP contribution in [0.4, 0.5) is 4.39 Å². The highest BCUT2D eigenvalue weighted by molar-refractivity contribution is 5.46. The molecule has 0 radical (unpaired) electrons. The molecule has 0 unspecified atom stereocenters. The van der Waals surface area contributed by atoms with Gasteiger partial charge in [-0.3, -0.25) is 0 Å². The molecule has 1 N–H and O–H groups in total. The van der Waals surface area contributed by atoms with Gasteiger partial charge in [-0.1, -0.05) is 13.8 Å². The van der Waals surface area contributed by atoms with Crippen molar-refractivity contribution in [2.75, 3.05) is 19.8 Å². The van der Waals surface area contributed by atoms with Gasteiger partial charge in [0.05, 0.1) is 6.61 Å². The molecule has 0 spiro atoms. The van der Waals surface area contributed by atoms with Gasteiger partial charge in [-0.25, -0.2) is 4.39 Å². The third kappa shape index (κ3) is 1.85. The third-order valence-corrected chi connectivity index (χ3v) is 2.76. The number of benzene rings is 1. The van der Waals surface area contributed by atoms with Crippen molar-refractivity contribution in [2.24, 2.45) is 0 Å². The Morgan fingerprint density at radius 2 is 1.81 bits per heavy atom. The van der Waals surface area contributed by atoms with E-state index in [1.807, 2.05) is 0 Å². The summed E-state index contributed by atoms with van der Waals surface area (Å²) in [7, 11) is 0. The fraction of sp³-hybridized carbons (Fsp3) is 0.500.